The molecule has 4 heterocycles. The Morgan fingerprint density at radius 1 is 1.06 bits per heavy atom. The highest BCUT2D eigenvalue weighted by Gasteiger charge is 2.33. The first kappa shape index (κ1) is 23.8. The van der Waals surface area contributed by atoms with Crippen LogP contribution in [0.4, 0.5) is 16.6 Å². The second-order valence-electron chi connectivity index (χ2n) is 11.6. The maximum Gasteiger partial charge on any atom is 0.427 e. The summed E-state index contributed by atoms with van der Waals surface area (Å²) < 4.78 is 2.41. The molecule has 2 aliphatic carbocycles. The van der Waals surface area contributed by atoms with Gasteiger partial charge in [-0.3, -0.25) is 5.32 Å². The molecule has 2 saturated heterocycles. The quantitative estimate of drug-likeness (QED) is 0.515. The first-order chi connectivity index (χ1) is 17.5. The third-order valence-electron chi connectivity index (χ3n) is 9.00. The Labute approximate surface area is 212 Å². The molecule has 2 aromatic heterocycles. The summed E-state index contributed by atoms with van der Waals surface area (Å²) in [5, 5.41) is 6.49. The Morgan fingerprint density at radius 3 is 2.50 bits per heavy atom. The first-order valence-electron chi connectivity index (χ1n) is 14.0. The third-order valence-corrected chi connectivity index (χ3v) is 9.00. The molecular weight excluding hydrogens is 456 g/mol. The second-order valence-corrected chi connectivity index (χ2v) is 11.6. The lowest BCUT2D eigenvalue weighted by molar-refractivity contribution is 0.120. The van der Waals surface area contributed by atoms with E-state index in [9.17, 15) is 4.79 Å². The molecule has 2 aliphatic heterocycles. The van der Waals surface area contributed by atoms with Gasteiger partial charge in [-0.15, -0.1) is 5.48 Å². The minimum absolute atomic E-state index is 0.306. The SMILES string of the molecule is CC1CCC(Cn2c(N3CCCC3C)nc3nc(C4NOC(=O)N4)nc(N[C@H](C)C4CCC4)c32)CC1. The van der Waals surface area contributed by atoms with Crippen LogP contribution in [0.5, 0.6) is 0 Å². The van der Waals surface area contributed by atoms with Crippen LogP contribution in [-0.4, -0.2) is 44.2 Å². The highest BCUT2D eigenvalue weighted by molar-refractivity contribution is 5.86. The van der Waals surface area contributed by atoms with Crippen LogP contribution in [0.15, 0.2) is 0 Å². The van der Waals surface area contributed by atoms with Crippen LogP contribution in [0.2, 0.25) is 0 Å². The Bertz CT molecular complexity index is 1110. The van der Waals surface area contributed by atoms with E-state index in [1.54, 1.807) is 0 Å². The molecule has 2 saturated carbocycles. The van der Waals surface area contributed by atoms with Gasteiger partial charge in [0.25, 0.3) is 0 Å². The zero-order chi connectivity index (χ0) is 24.8. The highest BCUT2D eigenvalue weighted by Crippen LogP contribution is 2.37. The van der Waals surface area contributed by atoms with E-state index in [1.807, 2.05) is 0 Å². The van der Waals surface area contributed by atoms with E-state index in [-0.39, 0.29) is 0 Å². The van der Waals surface area contributed by atoms with Crippen LogP contribution in [0.25, 0.3) is 11.2 Å². The number of nitrogens with zero attached hydrogens (tertiary/aromatic N) is 5. The lowest BCUT2D eigenvalue weighted by Gasteiger charge is -2.33. The summed E-state index contributed by atoms with van der Waals surface area (Å²) in [5.41, 5.74) is 4.38. The molecule has 0 spiro atoms. The van der Waals surface area contributed by atoms with Crippen LogP contribution in [0.3, 0.4) is 0 Å². The summed E-state index contributed by atoms with van der Waals surface area (Å²) in [6, 6.07) is 0.758. The number of carbonyl (C=O) groups excluding carboxylic acids is 1. The van der Waals surface area contributed by atoms with Crippen molar-refractivity contribution in [1.29, 1.82) is 0 Å². The predicted octanol–water partition coefficient (Wildman–Crippen LogP) is 4.48. The van der Waals surface area contributed by atoms with Gasteiger partial charge in [0.1, 0.15) is 5.52 Å². The molecule has 196 valence electrons. The Hall–Kier alpha value is -2.62. The number of carbonyl (C=O) groups is 1. The van der Waals surface area contributed by atoms with E-state index in [1.165, 1.54) is 57.8 Å². The van der Waals surface area contributed by atoms with Crippen molar-refractivity contribution in [3.63, 3.8) is 0 Å². The molecule has 10 nitrogen and oxygen atoms in total. The van der Waals surface area contributed by atoms with Gasteiger partial charge in [-0.05, 0) is 70.1 Å². The Kier molecular flexibility index (Phi) is 6.39. The van der Waals surface area contributed by atoms with Crippen molar-refractivity contribution in [2.45, 2.75) is 103 Å². The van der Waals surface area contributed by atoms with E-state index < -0.39 is 12.3 Å². The average Bonchev–Trinajstić information content (AvgIpc) is 3.52. The number of anilines is 2. The zero-order valence-electron chi connectivity index (χ0n) is 21.8. The maximum absolute atomic E-state index is 11.7. The molecule has 0 radical (unpaired) electrons. The second kappa shape index (κ2) is 9.68. The van der Waals surface area contributed by atoms with Gasteiger partial charge in [0.05, 0.1) is 0 Å². The van der Waals surface area contributed by atoms with Gasteiger partial charge in [0, 0.05) is 25.2 Å². The van der Waals surface area contributed by atoms with Crippen LogP contribution in [0.1, 0.15) is 90.5 Å². The fourth-order valence-corrected chi connectivity index (χ4v) is 6.34. The smallest absolute Gasteiger partial charge is 0.365 e. The summed E-state index contributed by atoms with van der Waals surface area (Å²) in [7, 11) is 0. The highest BCUT2D eigenvalue weighted by atomic mass is 16.7. The zero-order valence-corrected chi connectivity index (χ0v) is 21.8. The minimum atomic E-state index is -0.597. The van der Waals surface area contributed by atoms with Crippen molar-refractivity contribution in [2.24, 2.45) is 17.8 Å². The number of hydrogen-bond donors (Lipinski definition) is 3. The number of imidazole rings is 1. The number of fused-ring (bicyclic) bond motifs is 1. The molecule has 0 aromatic carbocycles. The number of hydroxylamine groups is 1. The van der Waals surface area contributed by atoms with Crippen molar-refractivity contribution in [3.8, 4) is 0 Å². The average molecular weight is 497 g/mol. The van der Waals surface area contributed by atoms with Crippen molar-refractivity contribution in [1.82, 2.24) is 30.3 Å². The molecule has 3 N–H and O–H groups in total. The number of rotatable bonds is 7. The molecule has 1 amide bonds. The predicted molar refractivity (Wildman–Crippen MR) is 138 cm³/mol. The van der Waals surface area contributed by atoms with E-state index in [0.29, 0.717) is 35.4 Å². The maximum atomic E-state index is 11.7. The van der Waals surface area contributed by atoms with E-state index in [4.69, 9.17) is 19.8 Å². The molecule has 6 rings (SSSR count). The third kappa shape index (κ3) is 4.48. The van der Waals surface area contributed by atoms with Gasteiger partial charge in [0.2, 0.25) is 5.95 Å². The van der Waals surface area contributed by atoms with Gasteiger partial charge in [0.15, 0.2) is 23.5 Å². The number of aromatic nitrogens is 4. The summed E-state index contributed by atoms with van der Waals surface area (Å²) in [5.74, 6) is 4.40. The van der Waals surface area contributed by atoms with E-state index in [2.05, 4.69) is 46.4 Å². The fraction of sp³-hybridized carbons (Fsp3) is 0.769. The van der Waals surface area contributed by atoms with Gasteiger partial charge in [-0.25, -0.2) is 14.8 Å². The Balaban J connectivity index is 1.44. The number of amides is 1. The molecular formula is C26H40N8O2. The summed E-state index contributed by atoms with van der Waals surface area (Å²) in [4.78, 5) is 34.0. The standard InChI is InChI=1S/C26H40N8O2/c1-15-9-11-18(12-10-15)14-34-20-21(27-17(3)19-7-4-8-19)28-23(24-31-26(35)36-32-24)29-22(20)30-25(34)33-13-5-6-16(33)2/h15-19,24,32H,4-14H2,1-3H3,(H,31,35)(H,27,28,29)/t15?,16?,17-,18?,24?/m1/s1. The molecule has 36 heavy (non-hydrogen) atoms. The molecule has 3 atom stereocenters. The van der Waals surface area contributed by atoms with Crippen LogP contribution < -0.4 is 21.0 Å². The van der Waals surface area contributed by atoms with Crippen molar-refractivity contribution in [3.05, 3.63) is 5.82 Å². The fourth-order valence-electron chi connectivity index (χ4n) is 6.34. The lowest BCUT2D eigenvalue weighted by atomic mass is 9.80. The molecule has 2 aromatic rings. The summed E-state index contributed by atoms with van der Waals surface area (Å²) in [6.45, 7) is 8.88. The molecule has 0 bridgehead atoms. The molecule has 10 heteroatoms. The number of hydrogen-bond acceptors (Lipinski definition) is 8. The van der Waals surface area contributed by atoms with Crippen LogP contribution in [-0.2, 0) is 11.4 Å². The van der Waals surface area contributed by atoms with Crippen molar-refractivity contribution < 1.29 is 9.63 Å². The molecule has 4 aliphatic rings. The van der Waals surface area contributed by atoms with Crippen molar-refractivity contribution >= 4 is 29.0 Å². The number of nitrogens with one attached hydrogen (secondary N) is 3. The van der Waals surface area contributed by atoms with Gasteiger partial charge in [-0.1, -0.05) is 26.2 Å². The summed E-state index contributed by atoms with van der Waals surface area (Å²) in [6.07, 6.45) is 10.1. The van der Waals surface area contributed by atoms with Gasteiger partial charge < -0.3 is 19.6 Å². The van der Waals surface area contributed by atoms with E-state index in [0.717, 1.165) is 36.3 Å². The van der Waals surface area contributed by atoms with E-state index >= 15 is 0 Å². The van der Waals surface area contributed by atoms with Crippen LogP contribution in [0, 0.1) is 17.8 Å². The topological polar surface area (TPSA) is 109 Å². The minimum Gasteiger partial charge on any atom is -0.365 e. The van der Waals surface area contributed by atoms with Crippen molar-refractivity contribution in [2.75, 3.05) is 16.8 Å². The molecule has 4 fully saturated rings. The lowest BCUT2D eigenvalue weighted by Crippen LogP contribution is -2.32. The largest absolute Gasteiger partial charge is 0.427 e. The summed E-state index contributed by atoms with van der Waals surface area (Å²) >= 11 is 0. The Morgan fingerprint density at radius 2 is 1.86 bits per heavy atom. The molecule has 2 unspecified atom stereocenters. The van der Waals surface area contributed by atoms with Gasteiger partial charge in [-0.2, -0.15) is 4.98 Å². The monoisotopic (exact) mass is 496 g/mol. The van der Waals surface area contributed by atoms with Gasteiger partial charge >= 0.3 is 6.09 Å². The first-order valence-corrected chi connectivity index (χ1v) is 14.0. The normalized spacial score (nSPS) is 29.8. The van der Waals surface area contributed by atoms with Crippen LogP contribution >= 0.6 is 0 Å².